The lowest BCUT2D eigenvalue weighted by Crippen LogP contribution is -2.45. The van der Waals surface area contributed by atoms with Crippen LogP contribution in [0.2, 0.25) is 0 Å². The molecule has 4 nitrogen and oxygen atoms in total. The number of nitrogens with zero attached hydrogens (tertiary/aromatic N) is 1. The highest BCUT2D eigenvalue weighted by Crippen LogP contribution is 2.19. The standard InChI is InChI=1S/C15H23N3O/c1-12(16)17-15(19)14-7-9-18(10-8-14)11-13-5-3-2-4-6-13/h2-6,12,14H,7-11,16H2,1H3,(H,17,19). The smallest absolute Gasteiger partial charge is 0.224 e. The van der Waals surface area contributed by atoms with Crippen LogP contribution < -0.4 is 11.1 Å². The molecule has 1 aliphatic rings. The van der Waals surface area contributed by atoms with Crippen LogP contribution in [0.4, 0.5) is 0 Å². The number of benzene rings is 1. The molecule has 0 aliphatic carbocycles. The number of nitrogens with two attached hydrogens (primary N) is 1. The lowest BCUT2D eigenvalue weighted by atomic mass is 9.95. The molecular weight excluding hydrogens is 238 g/mol. The molecule has 1 aromatic carbocycles. The highest BCUT2D eigenvalue weighted by Gasteiger charge is 2.25. The molecule has 1 fully saturated rings. The number of piperidine rings is 1. The number of hydrogen-bond acceptors (Lipinski definition) is 3. The molecule has 19 heavy (non-hydrogen) atoms. The maximum Gasteiger partial charge on any atom is 0.224 e. The molecule has 0 spiro atoms. The Morgan fingerprint density at radius 3 is 2.58 bits per heavy atom. The fraction of sp³-hybridized carbons (Fsp3) is 0.533. The maximum absolute atomic E-state index is 11.9. The average molecular weight is 261 g/mol. The van der Waals surface area contributed by atoms with E-state index in [1.54, 1.807) is 6.92 Å². The molecule has 2 rings (SSSR count). The van der Waals surface area contributed by atoms with Gasteiger partial charge in [-0.25, -0.2) is 0 Å². The van der Waals surface area contributed by atoms with Gasteiger partial charge >= 0.3 is 0 Å². The molecule has 1 aliphatic heterocycles. The number of carbonyl (C=O) groups excluding carboxylic acids is 1. The summed E-state index contributed by atoms with van der Waals surface area (Å²) in [6.45, 7) is 4.72. The second kappa shape index (κ2) is 6.68. The minimum Gasteiger partial charge on any atom is -0.341 e. The maximum atomic E-state index is 11.9. The van der Waals surface area contributed by atoms with Crippen LogP contribution >= 0.6 is 0 Å². The van der Waals surface area contributed by atoms with Gasteiger partial charge in [-0.15, -0.1) is 0 Å². The van der Waals surface area contributed by atoms with Gasteiger partial charge in [0.25, 0.3) is 0 Å². The van der Waals surface area contributed by atoms with Crippen LogP contribution in [0.15, 0.2) is 30.3 Å². The Labute approximate surface area is 115 Å². The summed E-state index contributed by atoms with van der Waals surface area (Å²) in [6.07, 6.45) is 1.59. The van der Waals surface area contributed by atoms with Gasteiger partial charge < -0.3 is 11.1 Å². The predicted molar refractivity (Wildman–Crippen MR) is 76.2 cm³/mol. The zero-order chi connectivity index (χ0) is 13.7. The normalized spacial score (nSPS) is 19.1. The van der Waals surface area contributed by atoms with E-state index in [-0.39, 0.29) is 18.0 Å². The third-order valence-electron chi connectivity index (χ3n) is 3.58. The summed E-state index contributed by atoms with van der Waals surface area (Å²) < 4.78 is 0. The zero-order valence-corrected chi connectivity index (χ0v) is 11.5. The van der Waals surface area contributed by atoms with E-state index >= 15 is 0 Å². The van der Waals surface area contributed by atoms with Crippen molar-refractivity contribution in [3.63, 3.8) is 0 Å². The van der Waals surface area contributed by atoms with Crippen molar-refractivity contribution in [2.24, 2.45) is 11.7 Å². The molecule has 0 saturated carbocycles. The van der Waals surface area contributed by atoms with Gasteiger partial charge in [0.2, 0.25) is 5.91 Å². The molecule has 1 heterocycles. The molecule has 104 valence electrons. The molecule has 1 atom stereocenters. The van der Waals surface area contributed by atoms with Gasteiger partial charge in [-0.05, 0) is 38.4 Å². The Kier molecular flexibility index (Phi) is 4.93. The molecule has 1 aromatic rings. The number of carbonyl (C=O) groups is 1. The number of nitrogens with one attached hydrogen (secondary N) is 1. The lowest BCUT2D eigenvalue weighted by molar-refractivity contribution is -0.127. The zero-order valence-electron chi connectivity index (χ0n) is 11.5. The van der Waals surface area contributed by atoms with Gasteiger partial charge in [-0.2, -0.15) is 0 Å². The van der Waals surface area contributed by atoms with Crippen molar-refractivity contribution in [1.82, 2.24) is 10.2 Å². The summed E-state index contributed by atoms with van der Waals surface area (Å²) in [5.41, 5.74) is 6.92. The van der Waals surface area contributed by atoms with Crippen molar-refractivity contribution in [2.75, 3.05) is 13.1 Å². The summed E-state index contributed by atoms with van der Waals surface area (Å²) in [5.74, 6) is 0.229. The highest BCUT2D eigenvalue weighted by molar-refractivity contribution is 5.78. The highest BCUT2D eigenvalue weighted by atomic mass is 16.2. The minimum absolute atomic E-state index is 0.106. The van der Waals surface area contributed by atoms with Crippen LogP contribution in [0, 0.1) is 5.92 Å². The monoisotopic (exact) mass is 261 g/mol. The van der Waals surface area contributed by atoms with Crippen LogP contribution in [0.25, 0.3) is 0 Å². The number of rotatable bonds is 4. The molecule has 1 unspecified atom stereocenters. The predicted octanol–water partition coefficient (Wildman–Crippen LogP) is 1.32. The molecule has 4 heteroatoms. The van der Waals surface area contributed by atoms with E-state index in [2.05, 4.69) is 34.5 Å². The van der Waals surface area contributed by atoms with Crippen molar-refractivity contribution in [3.8, 4) is 0 Å². The van der Waals surface area contributed by atoms with E-state index in [1.165, 1.54) is 5.56 Å². The Hall–Kier alpha value is -1.39. The van der Waals surface area contributed by atoms with Crippen molar-refractivity contribution in [2.45, 2.75) is 32.5 Å². The third kappa shape index (κ3) is 4.33. The van der Waals surface area contributed by atoms with Crippen molar-refractivity contribution < 1.29 is 4.79 Å². The SMILES string of the molecule is CC(N)NC(=O)C1CCN(Cc2ccccc2)CC1. The van der Waals surface area contributed by atoms with Gasteiger partial charge in [0.05, 0.1) is 6.17 Å². The van der Waals surface area contributed by atoms with Crippen molar-refractivity contribution >= 4 is 5.91 Å². The Bertz CT molecular complexity index is 397. The summed E-state index contributed by atoms with van der Waals surface area (Å²) in [4.78, 5) is 14.3. The van der Waals surface area contributed by atoms with E-state index in [9.17, 15) is 4.79 Å². The molecule has 0 aromatic heterocycles. The second-order valence-electron chi connectivity index (χ2n) is 5.33. The van der Waals surface area contributed by atoms with E-state index in [0.29, 0.717) is 0 Å². The largest absolute Gasteiger partial charge is 0.341 e. The quantitative estimate of drug-likeness (QED) is 0.804. The van der Waals surface area contributed by atoms with E-state index in [0.717, 1.165) is 32.5 Å². The summed E-state index contributed by atoms with van der Waals surface area (Å²) in [7, 11) is 0. The van der Waals surface area contributed by atoms with Gasteiger partial charge in [-0.1, -0.05) is 30.3 Å². The Morgan fingerprint density at radius 2 is 2.00 bits per heavy atom. The Morgan fingerprint density at radius 1 is 1.37 bits per heavy atom. The first-order valence-electron chi connectivity index (χ1n) is 6.97. The molecule has 0 radical (unpaired) electrons. The molecule has 1 saturated heterocycles. The van der Waals surface area contributed by atoms with E-state index in [1.807, 2.05) is 6.07 Å². The first kappa shape index (κ1) is 14.0. The topological polar surface area (TPSA) is 58.4 Å². The van der Waals surface area contributed by atoms with Crippen LogP contribution in [-0.4, -0.2) is 30.1 Å². The molecule has 0 bridgehead atoms. The Balaban J connectivity index is 1.78. The average Bonchev–Trinajstić information content (AvgIpc) is 2.40. The number of hydrogen-bond donors (Lipinski definition) is 2. The van der Waals surface area contributed by atoms with Gasteiger partial charge in [0, 0.05) is 12.5 Å². The lowest BCUT2D eigenvalue weighted by Gasteiger charge is -2.31. The number of likely N-dealkylation sites (tertiary alicyclic amines) is 1. The first-order chi connectivity index (χ1) is 9.15. The van der Waals surface area contributed by atoms with E-state index < -0.39 is 0 Å². The summed E-state index contributed by atoms with van der Waals surface area (Å²) >= 11 is 0. The fourth-order valence-electron chi connectivity index (χ4n) is 2.54. The van der Waals surface area contributed by atoms with Crippen molar-refractivity contribution in [1.29, 1.82) is 0 Å². The third-order valence-corrected chi connectivity index (χ3v) is 3.58. The first-order valence-corrected chi connectivity index (χ1v) is 6.97. The second-order valence-corrected chi connectivity index (χ2v) is 5.33. The molecule has 1 amide bonds. The van der Waals surface area contributed by atoms with Crippen LogP contribution in [-0.2, 0) is 11.3 Å². The molecule has 3 N–H and O–H groups in total. The van der Waals surface area contributed by atoms with Crippen molar-refractivity contribution in [3.05, 3.63) is 35.9 Å². The molecular formula is C15H23N3O. The number of amides is 1. The fourth-order valence-corrected chi connectivity index (χ4v) is 2.54. The van der Waals surface area contributed by atoms with Gasteiger partial charge in [-0.3, -0.25) is 9.69 Å². The summed E-state index contributed by atoms with van der Waals surface area (Å²) in [5, 5.41) is 2.80. The van der Waals surface area contributed by atoms with Crippen LogP contribution in [0.1, 0.15) is 25.3 Å². The van der Waals surface area contributed by atoms with Gasteiger partial charge in [0.1, 0.15) is 0 Å². The van der Waals surface area contributed by atoms with Crippen LogP contribution in [0.3, 0.4) is 0 Å². The minimum atomic E-state index is -0.255. The van der Waals surface area contributed by atoms with Crippen LogP contribution in [0.5, 0.6) is 0 Å². The summed E-state index contributed by atoms with van der Waals surface area (Å²) in [6, 6.07) is 10.5. The van der Waals surface area contributed by atoms with E-state index in [4.69, 9.17) is 5.73 Å². The van der Waals surface area contributed by atoms with Gasteiger partial charge in [0.15, 0.2) is 0 Å².